The Balaban J connectivity index is 2.20. The second kappa shape index (κ2) is 7.17. The summed E-state index contributed by atoms with van der Waals surface area (Å²) in [5, 5.41) is 2.80. The molecule has 0 radical (unpaired) electrons. The average molecular weight is 304 g/mol. The Morgan fingerprint density at radius 1 is 1.55 bits per heavy atom. The van der Waals surface area contributed by atoms with Crippen LogP contribution in [0.25, 0.3) is 0 Å². The van der Waals surface area contributed by atoms with Crippen LogP contribution < -0.4 is 20.7 Å². The van der Waals surface area contributed by atoms with Crippen LogP contribution in [0.15, 0.2) is 24.8 Å². The lowest BCUT2D eigenvalue weighted by Gasteiger charge is -2.33. The Morgan fingerprint density at radius 2 is 2.27 bits per heavy atom. The van der Waals surface area contributed by atoms with Gasteiger partial charge in [0.25, 0.3) is 0 Å². The van der Waals surface area contributed by atoms with Gasteiger partial charge in [-0.25, -0.2) is 0 Å². The summed E-state index contributed by atoms with van der Waals surface area (Å²) in [4.78, 5) is 16.1. The highest BCUT2D eigenvalue weighted by Gasteiger charge is 2.17. The molecule has 6 heteroatoms. The first-order valence-electron chi connectivity index (χ1n) is 7.39. The monoisotopic (exact) mass is 304 g/mol. The maximum atomic E-state index is 11.6. The maximum absolute atomic E-state index is 11.6. The van der Waals surface area contributed by atoms with Crippen molar-refractivity contribution in [2.45, 2.75) is 6.42 Å². The number of benzene rings is 1. The number of hydrogen-bond donors (Lipinski definition) is 2. The first-order chi connectivity index (χ1) is 10.5. The van der Waals surface area contributed by atoms with Gasteiger partial charge in [0.1, 0.15) is 5.75 Å². The number of nitrogen functional groups attached to an aromatic ring is 1. The summed E-state index contributed by atoms with van der Waals surface area (Å²) >= 11 is 0. The molecule has 1 heterocycles. The van der Waals surface area contributed by atoms with Crippen LogP contribution >= 0.6 is 0 Å². The van der Waals surface area contributed by atoms with Gasteiger partial charge >= 0.3 is 0 Å². The molecule has 22 heavy (non-hydrogen) atoms. The molecule has 3 N–H and O–H groups in total. The number of rotatable bonds is 7. The average Bonchev–Trinajstić information content (AvgIpc) is 2.45. The normalized spacial score (nSPS) is 14.1. The number of anilines is 3. The zero-order valence-corrected chi connectivity index (χ0v) is 13.3. The van der Waals surface area contributed by atoms with Gasteiger partial charge in [-0.05, 0) is 31.7 Å². The predicted octanol–water partition coefficient (Wildman–Crippen LogP) is 1.54. The number of ether oxygens (including phenoxy) is 1. The van der Waals surface area contributed by atoms with Crippen LogP contribution in [0, 0.1) is 0 Å². The lowest BCUT2D eigenvalue weighted by molar-refractivity contribution is -0.111. The molecule has 1 aromatic rings. The van der Waals surface area contributed by atoms with Gasteiger partial charge in [-0.1, -0.05) is 6.58 Å². The Kier molecular flexibility index (Phi) is 5.27. The summed E-state index contributed by atoms with van der Waals surface area (Å²) in [6.07, 6.45) is 2.52. The van der Waals surface area contributed by atoms with Crippen LogP contribution in [0.2, 0.25) is 0 Å². The van der Waals surface area contributed by atoms with E-state index in [0.29, 0.717) is 17.1 Å². The third-order valence-corrected chi connectivity index (χ3v) is 3.90. The zero-order chi connectivity index (χ0) is 16.1. The molecule has 0 bridgehead atoms. The van der Waals surface area contributed by atoms with E-state index >= 15 is 0 Å². The second-order valence-electron chi connectivity index (χ2n) is 5.42. The minimum Gasteiger partial charge on any atom is -0.495 e. The Morgan fingerprint density at radius 3 is 2.82 bits per heavy atom. The topological polar surface area (TPSA) is 70.8 Å². The van der Waals surface area contributed by atoms with Gasteiger partial charge in [0.2, 0.25) is 5.91 Å². The molecule has 0 saturated carbocycles. The molecular formula is C16H24N4O2. The molecule has 6 nitrogen and oxygen atoms in total. The molecule has 1 aliphatic heterocycles. The summed E-state index contributed by atoms with van der Waals surface area (Å²) in [5.74, 6) is 0.337. The highest BCUT2D eigenvalue weighted by Crippen LogP contribution is 2.35. The van der Waals surface area contributed by atoms with Crippen molar-refractivity contribution < 1.29 is 9.53 Å². The van der Waals surface area contributed by atoms with Crippen LogP contribution in [0.1, 0.15) is 6.42 Å². The molecule has 1 fully saturated rings. The smallest absolute Gasteiger partial charge is 0.247 e. The van der Waals surface area contributed by atoms with E-state index in [4.69, 9.17) is 10.5 Å². The van der Waals surface area contributed by atoms with Gasteiger partial charge < -0.3 is 25.6 Å². The first-order valence-corrected chi connectivity index (χ1v) is 7.39. The predicted molar refractivity (Wildman–Crippen MR) is 90.6 cm³/mol. The number of likely N-dealkylation sites (N-methyl/N-ethyl adjacent to an activating group) is 1. The van der Waals surface area contributed by atoms with Gasteiger partial charge in [-0.2, -0.15) is 0 Å². The van der Waals surface area contributed by atoms with Crippen molar-refractivity contribution in [2.24, 2.45) is 0 Å². The number of nitrogens with zero attached hydrogens (tertiary/aromatic N) is 2. The maximum Gasteiger partial charge on any atom is 0.247 e. The lowest BCUT2D eigenvalue weighted by atomic mass is 10.2. The molecule has 0 unspecified atom stereocenters. The Hall–Kier alpha value is -2.21. The number of nitrogens with two attached hydrogens (primary N) is 1. The Labute approximate surface area is 131 Å². The van der Waals surface area contributed by atoms with Gasteiger partial charge in [0, 0.05) is 26.2 Å². The van der Waals surface area contributed by atoms with E-state index in [9.17, 15) is 4.79 Å². The number of likely N-dealkylation sites (tertiary alicyclic amines) is 1. The van der Waals surface area contributed by atoms with Crippen molar-refractivity contribution in [3.63, 3.8) is 0 Å². The van der Waals surface area contributed by atoms with E-state index in [2.05, 4.69) is 21.7 Å². The summed E-state index contributed by atoms with van der Waals surface area (Å²) in [5.41, 5.74) is 7.97. The second-order valence-corrected chi connectivity index (χ2v) is 5.42. The molecule has 1 amide bonds. The van der Waals surface area contributed by atoms with E-state index < -0.39 is 0 Å². The van der Waals surface area contributed by atoms with Gasteiger partial charge in [0.05, 0.1) is 24.2 Å². The molecule has 0 atom stereocenters. The minimum atomic E-state index is -0.262. The molecule has 0 aromatic heterocycles. The van der Waals surface area contributed by atoms with Crippen molar-refractivity contribution in [3.8, 4) is 5.75 Å². The molecular weight excluding hydrogens is 280 g/mol. The van der Waals surface area contributed by atoms with E-state index in [0.717, 1.165) is 18.8 Å². The fourth-order valence-electron chi connectivity index (χ4n) is 2.38. The van der Waals surface area contributed by atoms with Crippen molar-refractivity contribution >= 4 is 23.0 Å². The van der Waals surface area contributed by atoms with Crippen molar-refractivity contribution in [2.75, 3.05) is 56.3 Å². The summed E-state index contributed by atoms with van der Waals surface area (Å²) in [7, 11) is 3.58. The number of carbonyl (C=O) groups excluding carboxylic acids is 1. The number of carbonyl (C=O) groups is 1. The molecule has 120 valence electrons. The number of amides is 1. The highest BCUT2D eigenvalue weighted by molar-refractivity contribution is 6.02. The molecule has 0 spiro atoms. The van der Waals surface area contributed by atoms with E-state index in [-0.39, 0.29) is 5.91 Å². The van der Waals surface area contributed by atoms with E-state index in [1.807, 2.05) is 13.1 Å². The van der Waals surface area contributed by atoms with Crippen molar-refractivity contribution in [3.05, 3.63) is 24.8 Å². The SMILES string of the molecule is C=CC(=O)Nc1cc(N)c(OC)cc1N(C)CCN1CCC1. The van der Waals surface area contributed by atoms with E-state index in [1.54, 1.807) is 13.2 Å². The van der Waals surface area contributed by atoms with Gasteiger partial charge in [-0.3, -0.25) is 4.79 Å². The summed E-state index contributed by atoms with van der Waals surface area (Å²) < 4.78 is 5.29. The standard InChI is InChI=1S/C16H24N4O2/c1-4-16(21)18-13-10-12(17)15(22-3)11-14(13)19(2)8-9-20-6-5-7-20/h4,10-11H,1,5-9,17H2,2-3H3,(H,18,21). The molecule has 0 aliphatic carbocycles. The number of nitrogens with one attached hydrogen (secondary N) is 1. The summed E-state index contributed by atoms with van der Waals surface area (Å²) in [6, 6.07) is 3.57. The largest absolute Gasteiger partial charge is 0.495 e. The fourth-order valence-corrected chi connectivity index (χ4v) is 2.38. The van der Waals surface area contributed by atoms with Crippen LogP contribution in [0.5, 0.6) is 5.75 Å². The minimum absolute atomic E-state index is 0.262. The molecule has 1 aromatic carbocycles. The van der Waals surface area contributed by atoms with Crippen LogP contribution in [-0.2, 0) is 4.79 Å². The summed E-state index contributed by atoms with van der Waals surface area (Å²) in [6.45, 7) is 7.67. The van der Waals surface area contributed by atoms with Crippen molar-refractivity contribution in [1.29, 1.82) is 0 Å². The third kappa shape index (κ3) is 3.71. The van der Waals surface area contributed by atoms with Gasteiger partial charge in [-0.15, -0.1) is 0 Å². The van der Waals surface area contributed by atoms with Gasteiger partial charge in [0.15, 0.2) is 0 Å². The first kappa shape index (κ1) is 16.2. The highest BCUT2D eigenvalue weighted by atomic mass is 16.5. The van der Waals surface area contributed by atoms with Crippen LogP contribution in [0.3, 0.4) is 0 Å². The molecule has 1 saturated heterocycles. The number of methoxy groups -OCH3 is 1. The third-order valence-electron chi connectivity index (χ3n) is 3.90. The molecule has 1 aliphatic rings. The number of hydrogen-bond acceptors (Lipinski definition) is 5. The zero-order valence-electron chi connectivity index (χ0n) is 13.3. The fraction of sp³-hybridized carbons (Fsp3) is 0.438. The Bertz CT molecular complexity index is 555. The van der Waals surface area contributed by atoms with Crippen molar-refractivity contribution in [1.82, 2.24) is 4.90 Å². The van der Waals surface area contributed by atoms with Crippen LogP contribution in [-0.4, -0.2) is 51.1 Å². The quantitative estimate of drug-likeness (QED) is 0.591. The van der Waals surface area contributed by atoms with E-state index in [1.165, 1.54) is 25.6 Å². The lowest BCUT2D eigenvalue weighted by Crippen LogP contribution is -2.42. The van der Waals surface area contributed by atoms with Crippen LogP contribution in [0.4, 0.5) is 17.1 Å². The molecule has 2 rings (SSSR count).